The lowest BCUT2D eigenvalue weighted by molar-refractivity contribution is -0.205. The molecule has 1 heterocycles. The maximum absolute atomic E-state index is 10.9. The second-order valence-corrected chi connectivity index (χ2v) is 6.81. The Morgan fingerprint density at radius 3 is 2.38 bits per heavy atom. The summed E-state index contributed by atoms with van der Waals surface area (Å²) in [5.74, 6) is 0. The minimum Gasteiger partial charge on any atom is -0.394 e. The minimum absolute atomic E-state index is 0. The van der Waals surface area contributed by atoms with Gasteiger partial charge >= 0.3 is 10.4 Å². The summed E-state index contributed by atoms with van der Waals surface area (Å²) in [5.41, 5.74) is -2.20. The van der Waals surface area contributed by atoms with Crippen molar-refractivity contribution < 1.29 is 49.3 Å². The molecule has 1 fully saturated rings. The Balaban J connectivity index is 0.00000480. The van der Waals surface area contributed by atoms with Crippen molar-refractivity contribution in [3.8, 4) is 0 Å². The van der Waals surface area contributed by atoms with Crippen LogP contribution < -0.4 is 6.15 Å². The number of oxime groups is 1. The molecule has 5 atom stereocenters. The van der Waals surface area contributed by atoms with Crippen LogP contribution in [0.5, 0.6) is 0 Å². The van der Waals surface area contributed by atoms with Gasteiger partial charge in [0.2, 0.25) is 0 Å². The summed E-state index contributed by atoms with van der Waals surface area (Å²) >= 11 is 0.271. The standard InChI is InChI=1S/C13H17NO9S2.H3N/c15-6-8-9(16)10(17)11(18)13(22-8)24-12(14-23-25(19,20)21)7-4-2-1-3-5-7;/h1-5,8-11,13,15-18H,6H2,(H,19,20,21);1H3/b14-12+;/t8-,9-,10+,11-,13+;/m1./s1/i1D,2D,3D,4D,5D;. The molecule has 0 aromatic heterocycles. The topological polar surface area (TPSA) is 201 Å². The van der Waals surface area contributed by atoms with E-state index in [4.69, 9.17) is 16.1 Å². The van der Waals surface area contributed by atoms with Crippen LogP contribution >= 0.6 is 11.8 Å². The first kappa shape index (κ1) is 15.7. The Kier molecular flexibility index (Phi) is 5.80. The van der Waals surface area contributed by atoms with E-state index in [1.54, 1.807) is 0 Å². The predicted octanol–water partition coefficient (Wildman–Crippen LogP) is -1.14. The van der Waals surface area contributed by atoms with E-state index in [2.05, 4.69) is 9.44 Å². The molecule has 0 aliphatic carbocycles. The number of hydrogen-bond acceptors (Lipinski definition) is 11. The molecule has 0 saturated carbocycles. The van der Waals surface area contributed by atoms with E-state index in [0.29, 0.717) is 0 Å². The first-order valence-corrected chi connectivity index (χ1v) is 8.83. The lowest BCUT2D eigenvalue weighted by Crippen LogP contribution is -2.57. The van der Waals surface area contributed by atoms with Gasteiger partial charge in [-0.3, -0.25) is 4.55 Å². The van der Waals surface area contributed by atoms with Gasteiger partial charge in [-0.15, -0.1) is 0 Å². The summed E-state index contributed by atoms with van der Waals surface area (Å²) in [6.07, 6.45) is -6.67. The van der Waals surface area contributed by atoms with Gasteiger partial charge < -0.3 is 31.3 Å². The number of nitrogens with zero attached hydrogens (tertiary/aromatic N) is 1. The number of hydrogen-bond donors (Lipinski definition) is 6. The average molecular weight is 417 g/mol. The molecule has 11 nitrogen and oxygen atoms in total. The molecule has 26 heavy (non-hydrogen) atoms. The number of aliphatic hydroxyl groups excluding tert-OH is 4. The Bertz CT molecular complexity index is 921. The van der Waals surface area contributed by atoms with E-state index >= 15 is 0 Å². The van der Waals surface area contributed by atoms with Crippen LogP contribution in [0.4, 0.5) is 0 Å². The van der Waals surface area contributed by atoms with Crippen LogP contribution in [0, 0.1) is 0 Å². The molecule has 0 amide bonds. The second kappa shape index (κ2) is 9.59. The fourth-order valence-electron chi connectivity index (χ4n) is 1.84. The molecule has 1 aliphatic rings. The molecule has 1 aromatic rings. The molecule has 1 aromatic carbocycles. The summed E-state index contributed by atoms with van der Waals surface area (Å²) in [5, 5.41) is 41.5. The van der Waals surface area contributed by atoms with Crippen LogP contribution in [0.25, 0.3) is 0 Å². The van der Waals surface area contributed by atoms with E-state index in [0.717, 1.165) is 0 Å². The molecule has 0 unspecified atom stereocenters. The number of thioether (sulfide) groups is 1. The largest absolute Gasteiger partial charge is 0.466 e. The van der Waals surface area contributed by atoms with Crippen molar-refractivity contribution in [2.75, 3.05) is 6.61 Å². The van der Waals surface area contributed by atoms with Crippen molar-refractivity contribution in [2.24, 2.45) is 5.16 Å². The van der Waals surface area contributed by atoms with E-state index in [9.17, 15) is 28.8 Å². The molecule has 2 rings (SSSR count). The van der Waals surface area contributed by atoms with Crippen LogP contribution in [0.15, 0.2) is 35.4 Å². The Morgan fingerprint density at radius 1 is 1.23 bits per heavy atom. The third kappa shape index (κ3) is 5.87. The van der Waals surface area contributed by atoms with Gasteiger partial charge in [0.05, 0.1) is 13.5 Å². The SMILES string of the molecule is N.[2H]c1c([2H])c([2H])c(/C(=N\OS(=O)(=O)O)S[C@@H]2O[C@H](CO)[C@@H](O)[C@H](O)[C@H]2O)c([2H])c1[2H]. The Labute approximate surface area is 160 Å². The fourth-order valence-corrected chi connectivity index (χ4v) is 3.07. The zero-order chi connectivity index (χ0) is 23.0. The van der Waals surface area contributed by atoms with Crippen molar-refractivity contribution in [1.29, 1.82) is 0 Å². The maximum atomic E-state index is 10.9. The van der Waals surface area contributed by atoms with E-state index in [-0.39, 0.29) is 17.9 Å². The van der Waals surface area contributed by atoms with Crippen LogP contribution in [0.3, 0.4) is 0 Å². The number of benzene rings is 1. The lowest BCUT2D eigenvalue weighted by Gasteiger charge is -2.39. The molecular formula is C13H20N2O9S2. The Hall–Kier alpha value is -1.29. The maximum Gasteiger partial charge on any atom is 0.466 e. The molecule has 0 radical (unpaired) electrons. The monoisotopic (exact) mass is 417 g/mol. The van der Waals surface area contributed by atoms with Crippen molar-refractivity contribution in [2.45, 2.75) is 29.9 Å². The van der Waals surface area contributed by atoms with E-state index in [1.165, 1.54) is 0 Å². The van der Waals surface area contributed by atoms with Crippen LogP contribution in [0.2, 0.25) is 0 Å². The highest BCUT2D eigenvalue weighted by Crippen LogP contribution is 2.31. The van der Waals surface area contributed by atoms with Gasteiger partial charge in [-0.1, -0.05) is 47.1 Å². The van der Waals surface area contributed by atoms with Gasteiger partial charge in [-0.2, -0.15) is 8.42 Å². The summed E-state index contributed by atoms with van der Waals surface area (Å²) in [4.78, 5) is 0. The van der Waals surface area contributed by atoms with Crippen molar-refractivity contribution >= 4 is 27.2 Å². The van der Waals surface area contributed by atoms with Crippen molar-refractivity contribution in [3.05, 3.63) is 35.8 Å². The van der Waals surface area contributed by atoms with Crippen LogP contribution in [0.1, 0.15) is 12.4 Å². The van der Waals surface area contributed by atoms with Gasteiger partial charge in [-0.25, -0.2) is 4.28 Å². The summed E-state index contributed by atoms with van der Waals surface area (Å²) in [6.45, 7) is -0.773. The molecule has 13 heteroatoms. The van der Waals surface area contributed by atoms with Crippen molar-refractivity contribution in [1.82, 2.24) is 6.15 Å². The summed E-state index contributed by atoms with van der Waals surface area (Å²) in [6, 6.07) is -3.95. The van der Waals surface area contributed by atoms with E-state index < -0.39 is 87.7 Å². The highest BCUT2D eigenvalue weighted by atomic mass is 32.3. The van der Waals surface area contributed by atoms with E-state index in [1.807, 2.05) is 0 Å². The summed E-state index contributed by atoms with van der Waals surface area (Å²) < 4.78 is 78.6. The van der Waals surface area contributed by atoms with Crippen LogP contribution in [-0.4, -0.2) is 74.9 Å². The third-order valence-corrected chi connectivity index (χ3v) is 4.39. The zero-order valence-corrected chi connectivity index (χ0v) is 14.6. The van der Waals surface area contributed by atoms with Gasteiger partial charge in [0, 0.05) is 5.56 Å². The van der Waals surface area contributed by atoms with Crippen LogP contribution in [-0.2, 0) is 19.4 Å². The quantitative estimate of drug-likeness (QED) is 0.146. The average Bonchev–Trinajstić information content (AvgIpc) is 2.68. The summed E-state index contributed by atoms with van der Waals surface area (Å²) in [7, 11) is -5.16. The first-order valence-electron chi connectivity index (χ1n) is 9.08. The zero-order valence-electron chi connectivity index (χ0n) is 17.9. The van der Waals surface area contributed by atoms with Gasteiger partial charge in [0.25, 0.3) is 0 Å². The predicted molar refractivity (Wildman–Crippen MR) is 92.0 cm³/mol. The number of rotatable bonds is 5. The molecule has 1 aliphatic heterocycles. The smallest absolute Gasteiger partial charge is 0.394 e. The lowest BCUT2D eigenvalue weighted by atomic mass is 10.0. The molecule has 0 spiro atoms. The highest BCUT2D eigenvalue weighted by molar-refractivity contribution is 8.14. The molecule has 1 saturated heterocycles. The van der Waals surface area contributed by atoms with Crippen molar-refractivity contribution in [3.63, 3.8) is 0 Å². The Morgan fingerprint density at radius 2 is 1.85 bits per heavy atom. The molecule has 8 N–H and O–H groups in total. The molecular weight excluding hydrogens is 392 g/mol. The molecule has 0 bridgehead atoms. The highest BCUT2D eigenvalue weighted by Gasteiger charge is 2.44. The fraction of sp³-hybridized carbons (Fsp3) is 0.462. The minimum atomic E-state index is -5.16. The third-order valence-electron chi connectivity index (χ3n) is 3.00. The molecule has 148 valence electrons. The van der Waals surface area contributed by atoms with Gasteiger partial charge in [-0.05, 0) is 0 Å². The van der Waals surface area contributed by atoms with Gasteiger partial charge in [0.1, 0.15) is 34.9 Å². The van der Waals surface area contributed by atoms with Gasteiger partial charge in [0.15, 0.2) is 0 Å². The normalized spacial score (nSPS) is 32.4. The second-order valence-electron chi connectivity index (χ2n) is 4.71. The number of aliphatic hydroxyl groups is 4. The first-order chi connectivity index (χ1) is 13.8. The number of ether oxygens (including phenoxy) is 1.